The molecule has 0 bridgehead atoms. The van der Waals surface area contributed by atoms with E-state index in [2.05, 4.69) is 10.5 Å². The number of nitrogens with zero attached hydrogens (tertiary/aromatic N) is 2. The number of hydrogen-bond acceptors (Lipinski definition) is 5. The molecule has 0 atom stereocenters. The van der Waals surface area contributed by atoms with E-state index in [0.717, 1.165) is 10.6 Å². The van der Waals surface area contributed by atoms with Crippen LogP contribution in [0.1, 0.15) is 31.8 Å². The zero-order valence-electron chi connectivity index (χ0n) is 17.8. The van der Waals surface area contributed by atoms with E-state index in [-0.39, 0.29) is 33.4 Å². The Morgan fingerprint density at radius 2 is 1.71 bits per heavy atom. The monoisotopic (exact) mass is 519 g/mol. The number of nitrogens with one attached hydrogen (secondary N) is 1. The van der Waals surface area contributed by atoms with E-state index in [1.165, 1.54) is 24.4 Å². The number of sulfonamides is 1. The highest BCUT2D eigenvalue weighted by Gasteiger charge is 2.21. The smallest absolute Gasteiger partial charge is 0.336 e. The average molecular weight is 520 g/mol. The third-order valence-corrected chi connectivity index (χ3v) is 6.64. The first-order chi connectivity index (χ1) is 16.1. The number of carboxylic acids is 1. The molecule has 0 aliphatic rings. The van der Waals surface area contributed by atoms with Crippen LogP contribution in [0.3, 0.4) is 0 Å². The lowest BCUT2D eigenvalue weighted by atomic mass is 10.1. The molecular weight excluding hydrogens is 501 g/mol. The highest BCUT2D eigenvalue weighted by molar-refractivity contribution is 7.92. The molecule has 0 heterocycles. The van der Waals surface area contributed by atoms with Crippen molar-refractivity contribution in [3.05, 3.63) is 99.0 Å². The predicted molar refractivity (Wildman–Crippen MR) is 132 cm³/mol. The first-order valence-corrected chi connectivity index (χ1v) is 12.3. The van der Waals surface area contributed by atoms with Crippen molar-refractivity contribution in [1.29, 1.82) is 0 Å². The van der Waals surface area contributed by atoms with E-state index in [4.69, 9.17) is 23.2 Å². The van der Waals surface area contributed by atoms with Crippen LogP contribution in [0, 0.1) is 0 Å². The summed E-state index contributed by atoms with van der Waals surface area (Å²) in [5, 5.41) is 13.4. The minimum atomic E-state index is -3.68. The van der Waals surface area contributed by atoms with Gasteiger partial charge in [0.1, 0.15) is 0 Å². The molecule has 0 aliphatic carbocycles. The molecule has 0 radical (unpaired) electrons. The number of hydrogen-bond donors (Lipinski definition) is 2. The van der Waals surface area contributed by atoms with Crippen LogP contribution in [0.4, 0.5) is 5.69 Å². The van der Waals surface area contributed by atoms with Crippen molar-refractivity contribution in [3.63, 3.8) is 0 Å². The number of carbonyl (C=O) groups is 2. The van der Waals surface area contributed by atoms with E-state index < -0.39 is 21.9 Å². The summed E-state index contributed by atoms with van der Waals surface area (Å²) in [6.45, 7) is -0.0229. The Labute approximate surface area is 206 Å². The van der Waals surface area contributed by atoms with Gasteiger partial charge in [0.15, 0.2) is 0 Å². The lowest BCUT2D eigenvalue weighted by molar-refractivity contribution is 0.0696. The molecule has 1 amide bonds. The molecule has 0 spiro atoms. The van der Waals surface area contributed by atoms with Gasteiger partial charge in [0, 0.05) is 11.1 Å². The number of carbonyl (C=O) groups excluding carboxylic acids is 1. The van der Waals surface area contributed by atoms with Gasteiger partial charge in [-0.05, 0) is 35.9 Å². The summed E-state index contributed by atoms with van der Waals surface area (Å²) in [4.78, 5) is 23.6. The van der Waals surface area contributed by atoms with Gasteiger partial charge < -0.3 is 5.11 Å². The molecule has 2 N–H and O–H groups in total. The van der Waals surface area contributed by atoms with E-state index >= 15 is 0 Å². The molecule has 8 nitrogen and oxygen atoms in total. The summed E-state index contributed by atoms with van der Waals surface area (Å²) >= 11 is 12.2. The Bertz CT molecular complexity index is 1360. The lowest BCUT2D eigenvalue weighted by Crippen LogP contribution is -2.29. The van der Waals surface area contributed by atoms with E-state index in [0.29, 0.717) is 11.1 Å². The fourth-order valence-electron chi connectivity index (χ4n) is 3.02. The van der Waals surface area contributed by atoms with Crippen LogP contribution in [0.5, 0.6) is 0 Å². The van der Waals surface area contributed by atoms with Crippen LogP contribution in [-0.2, 0) is 16.6 Å². The van der Waals surface area contributed by atoms with Gasteiger partial charge in [-0.3, -0.25) is 9.10 Å². The van der Waals surface area contributed by atoms with E-state index in [1.807, 2.05) is 0 Å². The van der Waals surface area contributed by atoms with Crippen molar-refractivity contribution in [2.24, 2.45) is 5.10 Å². The van der Waals surface area contributed by atoms with E-state index in [1.54, 1.807) is 48.5 Å². The minimum Gasteiger partial charge on any atom is -0.478 e. The zero-order valence-corrected chi connectivity index (χ0v) is 20.1. The number of anilines is 1. The fourth-order valence-corrected chi connectivity index (χ4v) is 4.36. The van der Waals surface area contributed by atoms with Gasteiger partial charge in [0.25, 0.3) is 5.91 Å². The van der Waals surface area contributed by atoms with Gasteiger partial charge in [-0.25, -0.2) is 18.6 Å². The summed E-state index contributed by atoms with van der Waals surface area (Å²) in [5.41, 5.74) is 3.86. The zero-order chi connectivity index (χ0) is 24.9. The molecule has 3 rings (SSSR count). The van der Waals surface area contributed by atoms with Gasteiger partial charge >= 0.3 is 5.97 Å². The van der Waals surface area contributed by atoms with Crippen LogP contribution in [0.15, 0.2) is 71.8 Å². The molecule has 34 heavy (non-hydrogen) atoms. The SMILES string of the molecule is CS(=O)(=O)N(Cc1ccc(C(=O)N/N=C\c2ccccc2C(=O)O)cc1)c1cccc(Cl)c1Cl. The second kappa shape index (κ2) is 10.7. The first kappa shape index (κ1) is 25.2. The molecule has 3 aromatic carbocycles. The molecular formula is C23H19Cl2N3O5S. The van der Waals surface area contributed by atoms with Crippen LogP contribution in [0.2, 0.25) is 10.0 Å². The van der Waals surface area contributed by atoms with Gasteiger partial charge in [0.2, 0.25) is 10.0 Å². The van der Waals surface area contributed by atoms with Crippen molar-refractivity contribution in [2.75, 3.05) is 10.6 Å². The maximum Gasteiger partial charge on any atom is 0.336 e. The standard InChI is InChI=1S/C23H19Cl2N3O5S/c1-34(32,33)28(20-8-4-7-19(24)21(20)25)14-15-9-11-16(12-10-15)22(29)27-26-13-17-5-2-3-6-18(17)23(30)31/h2-13H,14H2,1H3,(H,27,29)(H,30,31)/b26-13-. The normalized spacial score (nSPS) is 11.4. The van der Waals surface area contributed by atoms with Gasteiger partial charge in [-0.2, -0.15) is 5.10 Å². The summed E-state index contributed by atoms with van der Waals surface area (Å²) in [6, 6.07) is 17.2. The highest BCUT2D eigenvalue weighted by Crippen LogP contribution is 2.34. The van der Waals surface area contributed by atoms with Crippen molar-refractivity contribution in [3.8, 4) is 0 Å². The molecule has 176 valence electrons. The summed E-state index contributed by atoms with van der Waals surface area (Å²) in [5.74, 6) is -1.63. The number of rotatable bonds is 8. The molecule has 3 aromatic rings. The maximum absolute atomic E-state index is 12.4. The third kappa shape index (κ3) is 6.13. The lowest BCUT2D eigenvalue weighted by Gasteiger charge is -2.24. The molecule has 0 saturated carbocycles. The van der Waals surface area contributed by atoms with E-state index in [9.17, 15) is 23.1 Å². The maximum atomic E-state index is 12.4. The Balaban J connectivity index is 1.73. The van der Waals surface area contributed by atoms with Crippen LogP contribution in [0.25, 0.3) is 0 Å². The molecule has 11 heteroatoms. The number of benzene rings is 3. The predicted octanol–water partition coefficient (Wildman–Crippen LogP) is 4.42. The van der Waals surface area contributed by atoms with Gasteiger partial charge in [-0.1, -0.05) is 59.6 Å². The fraction of sp³-hybridized carbons (Fsp3) is 0.0870. The summed E-state index contributed by atoms with van der Waals surface area (Å²) in [7, 11) is -3.68. The third-order valence-electron chi connectivity index (χ3n) is 4.70. The first-order valence-electron chi connectivity index (χ1n) is 9.74. The van der Waals surface area contributed by atoms with Crippen molar-refractivity contribution in [1.82, 2.24) is 5.43 Å². The van der Waals surface area contributed by atoms with Crippen LogP contribution >= 0.6 is 23.2 Å². The largest absolute Gasteiger partial charge is 0.478 e. The number of hydrazone groups is 1. The number of amides is 1. The molecule has 0 unspecified atom stereocenters. The second-order valence-corrected chi connectivity index (χ2v) is 9.82. The topological polar surface area (TPSA) is 116 Å². The number of aromatic carboxylic acids is 1. The molecule has 0 fully saturated rings. The number of halogens is 2. The van der Waals surface area contributed by atoms with Crippen LogP contribution in [-0.4, -0.2) is 37.9 Å². The van der Waals surface area contributed by atoms with Crippen molar-refractivity contribution in [2.45, 2.75) is 6.54 Å². The summed E-state index contributed by atoms with van der Waals surface area (Å²) in [6.07, 6.45) is 2.31. The molecule has 0 aromatic heterocycles. The molecule has 0 aliphatic heterocycles. The van der Waals surface area contributed by atoms with Gasteiger partial charge in [-0.15, -0.1) is 0 Å². The second-order valence-electron chi connectivity index (χ2n) is 7.13. The Morgan fingerprint density at radius 1 is 1.03 bits per heavy atom. The Kier molecular flexibility index (Phi) is 7.93. The quantitative estimate of drug-likeness (QED) is 0.337. The minimum absolute atomic E-state index is 0.0229. The Hall–Kier alpha value is -3.40. The van der Waals surface area contributed by atoms with Crippen molar-refractivity contribution >= 4 is 57.0 Å². The molecule has 0 saturated heterocycles. The Morgan fingerprint density at radius 3 is 2.35 bits per heavy atom. The van der Waals surface area contributed by atoms with Crippen LogP contribution < -0.4 is 9.73 Å². The highest BCUT2D eigenvalue weighted by atomic mass is 35.5. The average Bonchev–Trinajstić information content (AvgIpc) is 2.79. The van der Waals surface area contributed by atoms with Gasteiger partial charge in [0.05, 0.1) is 40.3 Å². The number of carboxylic acid groups (broad SMARTS) is 1. The van der Waals surface area contributed by atoms with Crippen molar-refractivity contribution < 1.29 is 23.1 Å². The summed E-state index contributed by atoms with van der Waals surface area (Å²) < 4.78 is 25.9.